The molecule has 156 valence electrons. The van der Waals surface area contributed by atoms with Gasteiger partial charge in [-0.3, -0.25) is 14.9 Å². The molecule has 0 atom stereocenters. The number of nitrogens with zero attached hydrogens (tertiary/aromatic N) is 4. The first-order valence-corrected chi connectivity index (χ1v) is 8.52. The van der Waals surface area contributed by atoms with Crippen LogP contribution < -0.4 is 9.47 Å². The lowest BCUT2D eigenvalue weighted by molar-refractivity contribution is -0.385. The first-order chi connectivity index (χ1) is 13.9. The molecule has 0 saturated carbocycles. The molecule has 0 saturated heterocycles. The summed E-state index contributed by atoms with van der Waals surface area (Å²) in [5.41, 5.74) is -1.66. The van der Waals surface area contributed by atoms with Gasteiger partial charge in [-0.2, -0.15) is 4.80 Å². The summed E-state index contributed by atoms with van der Waals surface area (Å²) in [6, 6.07) is 2.20. The number of rotatable bonds is 10. The number of ether oxygens (including phenoxy) is 4. The van der Waals surface area contributed by atoms with E-state index < -0.39 is 28.1 Å². The molecule has 1 aromatic heterocycles. The number of nitro benzene ring substituents is 1. The van der Waals surface area contributed by atoms with Crippen molar-refractivity contribution in [3.05, 3.63) is 39.2 Å². The Labute approximate surface area is 165 Å². The summed E-state index contributed by atoms with van der Waals surface area (Å²) < 4.78 is 20.2. The van der Waals surface area contributed by atoms with Crippen molar-refractivity contribution in [1.82, 2.24) is 15.0 Å². The van der Waals surface area contributed by atoms with Gasteiger partial charge in [-0.15, -0.1) is 10.2 Å². The normalized spacial score (nSPS) is 10.5. The van der Waals surface area contributed by atoms with Crippen molar-refractivity contribution in [3.63, 3.8) is 0 Å². The summed E-state index contributed by atoms with van der Waals surface area (Å²) in [7, 11) is 2.63. The minimum atomic E-state index is -0.900. The molecule has 0 unspecified atom stereocenters. The van der Waals surface area contributed by atoms with Crippen molar-refractivity contribution < 1.29 is 33.5 Å². The van der Waals surface area contributed by atoms with Crippen LogP contribution in [0.4, 0.5) is 5.69 Å². The Morgan fingerprint density at radius 1 is 1.07 bits per heavy atom. The van der Waals surface area contributed by atoms with Gasteiger partial charge in [-0.05, 0) is 13.8 Å². The third-order valence-corrected chi connectivity index (χ3v) is 3.69. The van der Waals surface area contributed by atoms with Gasteiger partial charge in [-0.25, -0.2) is 4.79 Å². The quantitative estimate of drug-likeness (QED) is 0.246. The molecule has 2 aromatic rings. The van der Waals surface area contributed by atoms with E-state index in [2.05, 4.69) is 10.2 Å². The van der Waals surface area contributed by atoms with Crippen LogP contribution in [0.25, 0.3) is 0 Å². The fraction of sp³-hybridized carbons (Fsp3) is 0.412. The van der Waals surface area contributed by atoms with E-state index in [1.165, 1.54) is 14.2 Å². The molecule has 0 N–H and O–H groups in total. The van der Waals surface area contributed by atoms with Crippen molar-refractivity contribution in [2.45, 2.75) is 20.6 Å². The van der Waals surface area contributed by atoms with Crippen molar-refractivity contribution in [3.8, 4) is 11.5 Å². The van der Waals surface area contributed by atoms with Gasteiger partial charge in [-0.1, -0.05) is 0 Å². The smallest absolute Gasteiger partial charge is 0.361 e. The van der Waals surface area contributed by atoms with Crippen molar-refractivity contribution in [2.75, 3.05) is 27.4 Å². The minimum absolute atomic E-state index is 0.0429. The predicted molar refractivity (Wildman–Crippen MR) is 97.2 cm³/mol. The lowest BCUT2D eigenvalue weighted by Crippen LogP contribution is -2.14. The van der Waals surface area contributed by atoms with Gasteiger partial charge in [0.15, 0.2) is 23.9 Å². The van der Waals surface area contributed by atoms with E-state index in [0.717, 1.165) is 16.9 Å². The van der Waals surface area contributed by atoms with Crippen molar-refractivity contribution in [1.29, 1.82) is 0 Å². The van der Waals surface area contributed by atoms with Crippen LogP contribution in [0.5, 0.6) is 11.5 Å². The average molecular weight is 408 g/mol. The standard InChI is InChI=1S/C17H20N4O8/c1-5-28-9-20-18-14(15(19-20)17(23)29-6-2)16(22)10-7-12(26-3)13(27-4)8-11(10)21(24)25/h7-8H,5-6,9H2,1-4H3. The first kappa shape index (κ1) is 21.8. The number of methoxy groups -OCH3 is 2. The Hall–Kier alpha value is -3.54. The van der Waals surface area contributed by atoms with Crippen LogP contribution in [0.3, 0.4) is 0 Å². The monoisotopic (exact) mass is 408 g/mol. The largest absolute Gasteiger partial charge is 0.493 e. The van der Waals surface area contributed by atoms with E-state index in [9.17, 15) is 19.7 Å². The number of aromatic nitrogens is 3. The van der Waals surface area contributed by atoms with Crippen LogP contribution in [0, 0.1) is 10.1 Å². The maximum Gasteiger partial charge on any atom is 0.361 e. The van der Waals surface area contributed by atoms with Gasteiger partial charge in [0.05, 0.1) is 31.8 Å². The number of nitro groups is 1. The average Bonchev–Trinajstić information content (AvgIpc) is 3.15. The molecule has 0 fully saturated rings. The molecule has 0 spiro atoms. The van der Waals surface area contributed by atoms with Crippen LogP contribution in [-0.4, -0.2) is 59.1 Å². The second kappa shape index (κ2) is 9.59. The maximum absolute atomic E-state index is 13.1. The molecule has 0 radical (unpaired) electrons. The van der Waals surface area contributed by atoms with E-state index in [1.807, 2.05) is 0 Å². The maximum atomic E-state index is 13.1. The summed E-state index contributed by atoms with van der Waals surface area (Å²) in [4.78, 5) is 37.1. The summed E-state index contributed by atoms with van der Waals surface area (Å²) in [6.07, 6.45) is 0. The molecule has 2 rings (SSSR count). The molecule has 1 aromatic carbocycles. The number of esters is 1. The number of carbonyl (C=O) groups excluding carboxylic acids is 2. The van der Waals surface area contributed by atoms with Crippen molar-refractivity contribution >= 4 is 17.4 Å². The highest BCUT2D eigenvalue weighted by atomic mass is 16.6. The number of benzene rings is 1. The fourth-order valence-electron chi connectivity index (χ4n) is 2.40. The Kier molecular flexibility index (Phi) is 7.20. The van der Waals surface area contributed by atoms with Gasteiger partial charge in [0.25, 0.3) is 5.69 Å². The number of hydrogen-bond acceptors (Lipinski definition) is 10. The molecule has 0 aliphatic rings. The van der Waals surface area contributed by atoms with E-state index in [-0.39, 0.29) is 36.1 Å². The van der Waals surface area contributed by atoms with Crippen LogP contribution in [-0.2, 0) is 16.2 Å². The summed E-state index contributed by atoms with van der Waals surface area (Å²) >= 11 is 0. The van der Waals surface area contributed by atoms with Crippen LogP contribution in [0.1, 0.15) is 40.4 Å². The summed E-state index contributed by atoms with van der Waals surface area (Å²) in [5, 5.41) is 19.4. The SMILES string of the molecule is CCOCn1nc(C(=O)OCC)c(C(=O)c2cc(OC)c(OC)cc2[N+](=O)[O-])n1. The molecular weight excluding hydrogens is 388 g/mol. The minimum Gasteiger partial charge on any atom is -0.493 e. The van der Waals surface area contributed by atoms with E-state index in [0.29, 0.717) is 6.61 Å². The number of ketones is 1. The Bertz CT molecular complexity index is 924. The van der Waals surface area contributed by atoms with Crippen molar-refractivity contribution in [2.24, 2.45) is 0 Å². The highest BCUT2D eigenvalue weighted by Gasteiger charge is 2.32. The third-order valence-electron chi connectivity index (χ3n) is 3.69. The lowest BCUT2D eigenvalue weighted by Gasteiger charge is -2.09. The van der Waals surface area contributed by atoms with Crippen LogP contribution >= 0.6 is 0 Å². The molecule has 0 aliphatic carbocycles. The molecule has 12 nitrogen and oxygen atoms in total. The summed E-state index contributed by atoms with van der Waals surface area (Å²) in [5.74, 6) is -1.62. The predicted octanol–water partition coefficient (Wildman–Crippen LogP) is 1.61. The Balaban J connectivity index is 2.62. The Morgan fingerprint density at radius 2 is 1.69 bits per heavy atom. The fourth-order valence-corrected chi connectivity index (χ4v) is 2.40. The van der Waals surface area contributed by atoms with Gasteiger partial charge >= 0.3 is 5.97 Å². The highest BCUT2D eigenvalue weighted by Crippen LogP contribution is 2.35. The molecule has 0 aliphatic heterocycles. The molecule has 0 amide bonds. The van der Waals surface area contributed by atoms with Gasteiger partial charge < -0.3 is 18.9 Å². The third kappa shape index (κ3) is 4.66. The van der Waals surface area contributed by atoms with E-state index in [1.54, 1.807) is 13.8 Å². The lowest BCUT2D eigenvalue weighted by atomic mass is 10.0. The highest BCUT2D eigenvalue weighted by molar-refractivity contribution is 6.14. The summed E-state index contributed by atoms with van der Waals surface area (Å²) in [6.45, 7) is 3.60. The second-order valence-corrected chi connectivity index (χ2v) is 5.42. The van der Waals surface area contributed by atoms with Gasteiger partial charge in [0.1, 0.15) is 5.56 Å². The van der Waals surface area contributed by atoms with E-state index in [4.69, 9.17) is 18.9 Å². The Morgan fingerprint density at radius 3 is 2.24 bits per heavy atom. The second-order valence-electron chi connectivity index (χ2n) is 5.42. The van der Waals surface area contributed by atoms with Crippen LogP contribution in [0.15, 0.2) is 12.1 Å². The van der Waals surface area contributed by atoms with Crippen LogP contribution in [0.2, 0.25) is 0 Å². The molecule has 0 bridgehead atoms. The molecule has 29 heavy (non-hydrogen) atoms. The molecule has 1 heterocycles. The number of carbonyl (C=O) groups is 2. The van der Waals surface area contributed by atoms with Gasteiger partial charge in [0, 0.05) is 12.7 Å². The zero-order valence-corrected chi connectivity index (χ0v) is 16.3. The van der Waals surface area contributed by atoms with Gasteiger partial charge in [0.2, 0.25) is 11.5 Å². The molecule has 12 heteroatoms. The topological polar surface area (TPSA) is 145 Å². The first-order valence-electron chi connectivity index (χ1n) is 8.52. The van der Waals surface area contributed by atoms with E-state index >= 15 is 0 Å². The zero-order chi connectivity index (χ0) is 21.6. The zero-order valence-electron chi connectivity index (χ0n) is 16.3. The number of hydrogen-bond donors (Lipinski definition) is 0. The molecular formula is C17H20N4O8.